The van der Waals surface area contributed by atoms with Crippen molar-refractivity contribution in [3.05, 3.63) is 101 Å². The Morgan fingerprint density at radius 1 is 0.867 bits per heavy atom. The average Bonchev–Trinajstić information content (AvgIpc) is 3.28. The molecule has 0 saturated carbocycles. The van der Waals surface area contributed by atoms with Crippen molar-refractivity contribution >= 4 is 5.91 Å². The summed E-state index contributed by atoms with van der Waals surface area (Å²) >= 11 is 0. The number of aromatic nitrogens is 4. The maximum Gasteiger partial charge on any atom is 0.272 e. The van der Waals surface area contributed by atoms with E-state index in [1.54, 1.807) is 4.68 Å². The molecule has 0 aliphatic carbocycles. The molecule has 2 aromatic heterocycles. The highest BCUT2D eigenvalue weighted by atomic mass is 16.1. The first kappa shape index (κ1) is 19.6. The number of carbonyl (C=O) groups is 1. The van der Waals surface area contributed by atoms with Crippen LogP contribution in [0.2, 0.25) is 0 Å². The maximum absolute atomic E-state index is 12.6. The van der Waals surface area contributed by atoms with Crippen molar-refractivity contribution < 1.29 is 4.79 Å². The summed E-state index contributed by atoms with van der Waals surface area (Å²) < 4.78 is 3.77. The third-order valence-corrected chi connectivity index (χ3v) is 5.00. The third kappa shape index (κ3) is 4.33. The molecule has 0 unspecified atom stereocenters. The van der Waals surface area contributed by atoms with Gasteiger partial charge in [0.25, 0.3) is 5.91 Å². The summed E-state index contributed by atoms with van der Waals surface area (Å²) in [5.41, 5.74) is 6.61. The molecular formula is C24H25N5O. The molecule has 2 aromatic carbocycles. The predicted molar refractivity (Wildman–Crippen MR) is 117 cm³/mol. The quantitative estimate of drug-likeness (QED) is 0.533. The molecule has 0 fully saturated rings. The standard InChI is InChI=1S/C24H25N5O/c1-17-12-18(2)28(26-17)16-21-9-7-8-20(14-21)15-25-24(30)23-13-19(3)29(27-23)22-10-5-4-6-11-22/h4-14H,15-16H2,1-3H3,(H,25,30). The monoisotopic (exact) mass is 399 g/mol. The second kappa shape index (κ2) is 8.37. The molecule has 0 aliphatic heterocycles. The molecule has 0 atom stereocenters. The third-order valence-electron chi connectivity index (χ3n) is 5.00. The molecule has 0 saturated heterocycles. The molecule has 0 radical (unpaired) electrons. The van der Waals surface area contributed by atoms with Crippen LogP contribution in [-0.2, 0) is 13.1 Å². The Kier molecular flexibility index (Phi) is 5.48. The van der Waals surface area contributed by atoms with E-state index in [2.05, 4.69) is 40.6 Å². The predicted octanol–water partition coefficient (Wildman–Crippen LogP) is 3.97. The molecule has 4 aromatic rings. The van der Waals surface area contributed by atoms with Crippen LogP contribution in [0.5, 0.6) is 0 Å². The Bertz CT molecular complexity index is 1170. The lowest BCUT2D eigenvalue weighted by Gasteiger charge is -2.08. The summed E-state index contributed by atoms with van der Waals surface area (Å²) in [6.45, 7) is 7.15. The SMILES string of the molecule is Cc1cc(C)n(Cc2cccc(CNC(=O)c3cc(C)n(-c4ccccc4)n3)c2)n1. The minimum Gasteiger partial charge on any atom is -0.347 e. The molecule has 152 valence electrons. The Labute approximate surface area is 176 Å². The van der Waals surface area contributed by atoms with Crippen molar-refractivity contribution in [2.45, 2.75) is 33.9 Å². The molecule has 30 heavy (non-hydrogen) atoms. The van der Waals surface area contributed by atoms with E-state index in [4.69, 9.17) is 0 Å². The van der Waals surface area contributed by atoms with Crippen molar-refractivity contribution in [3.8, 4) is 5.69 Å². The Hall–Kier alpha value is -3.67. The Morgan fingerprint density at radius 2 is 1.63 bits per heavy atom. The van der Waals surface area contributed by atoms with Gasteiger partial charge >= 0.3 is 0 Å². The minimum absolute atomic E-state index is 0.184. The van der Waals surface area contributed by atoms with Crippen LogP contribution in [0.1, 0.15) is 38.7 Å². The summed E-state index contributed by atoms with van der Waals surface area (Å²) in [5, 5.41) is 12.0. The highest BCUT2D eigenvalue weighted by molar-refractivity contribution is 5.92. The number of aryl methyl sites for hydroxylation is 3. The van der Waals surface area contributed by atoms with Gasteiger partial charge in [-0.2, -0.15) is 10.2 Å². The largest absolute Gasteiger partial charge is 0.347 e. The van der Waals surface area contributed by atoms with Gasteiger partial charge in [-0.25, -0.2) is 4.68 Å². The highest BCUT2D eigenvalue weighted by Gasteiger charge is 2.13. The zero-order valence-corrected chi connectivity index (χ0v) is 17.5. The van der Waals surface area contributed by atoms with Gasteiger partial charge in [-0.15, -0.1) is 0 Å². The van der Waals surface area contributed by atoms with Crippen molar-refractivity contribution in [2.24, 2.45) is 0 Å². The van der Waals surface area contributed by atoms with Gasteiger partial charge in [0.15, 0.2) is 5.69 Å². The molecule has 6 heteroatoms. The van der Waals surface area contributed by atoms with Gasteiger partial charge in [0.1, 0.15) is 0 Å². The van der Waals surface area contributed by atoms with Crippen molar-refractivity contribution in [1.82, 2.24) is 24.9 Å². The summed E-state index contributed by atoms with van der Waals surface area (Å²) in [7, 11) is 0. The molecule has 4 rings (SSSR count). The summed E-state index contributed by atoms with van der Waals surface area (Å²) in [6, 6.07) is 21.9. The topological polar surface area (TPSA) is 64.7 Å². The first-order chi connectivity index (χ1) is 14.5. The molecule has 1 N–H and O–H groups in total. The van der Waals surface area contributed by atoms with Gasteiger partial charge in [0, 0.05) is 17.9 Å². The Morgan fingerprint density at radius 3 is 2.37 bits per heavy atom. The van der Waals surface area contributed by atoms with Gasteiger partial charge < -0.3 is 5.32 Å². The van der Waals surface area contributed by atoms with E-state index in [-0.39, 0.29) is 5.91 Å². The first-order valence-electron chi connectivity index (χ1n) is 9.99. The zero-order valence-electron chi connectivity index (χ0n) is 17.5. The molecule has 2 heterocycles. The van der Waals surface area contributed by atoms with E-state index in [1.807, 2.05) is 67.1 Å². The van der Waals surface area contributed by atoms with E-state index in [0.717, 1.165) is 33.9 Å². The fraction of sp³-hybridized carbons (Fsp3) is 0.208. The highest BCUT2D eigenvalue weighted by Crippen LogP contribution is 2.13. The first-order valence-corrected chi connectivity index (χ1v) is 9.99. The van der Waals surface area contributed by atoms with Crippen LogP contribution in [-0.4, -0.2) is 25.5 Å². The van der Waals surface area contributed by atoms with E-state index in [9.17, 15) is 4.79 Å². The Balaban J connectivity index is 1.43. The lowest BCUT2D eigenvalue weighted by atomic mass is 10.1. The fourth-order valence-electron chi connectivity index (χ4n) is 3.53. The van der Waals surface area contributed by atoms with Crippen LogP contribution < -0.4 is 5.32 Å². The number of amides is 1. The van der Waals surface area contributed by atoms with Gasteiger partial charge in [-0.05, 0) is 56.2 Å². The summed E-state index contributed by atoms with van der Waals surface area (Å²) in [4.78, 5) is 12.6. The molecular weight excluding hydrogens is 374 g/mol. The molecule has 0 bridgehead atoms. The van der Waals surface area contributed by atoms with Crippen LogP contribution in [0.3, 0.4) is 0 Å². The van der Waals surface area contributed by atoms with Crippen LogP contribution in [0.4, 0.5) is 0 Å². The number of benzene rings is 2. The van der Waals surface area contributed by atoms with Crippen LogP contribution >= 0.6 is 0 Å². The number of hydrogen-bond donors (Lipinski definition) is 1. The summed E-state index contributed by atoms with van der Waals surface area (Å²) in [6.07, 6.45) is 0. The molecule has 0 aliphatic rings. The number of carbonyl (C=O) groups excluding carboxylic acids is 1. The van der Waals surface area contributed by atoms with Gasteiger partial charge in [-0.3, -0.25) is 9.48 Å². The smallest absolute Gasteiger partial charge is 0.272 e. The number of rotatable bonds is 6. The van der Waals surface area contributed by atoms with Gasteiger partial charge in [-0.1, -0.05) is 42.5 Å². The maximum atomic E-state index is 12.6. The minimum atomic E-state index is -0.184. The number of hydrogen-bond acceptors (Lipinski definition) is 3. The van der Waals surface area contributed by atoms with Gasteiger partial charge in [0.2, 0.25) is 0 Å². The van der Waals surface area contributed by atoms with Crippen molar-refractivity contribution in [2.75, 3.05) is 0 Å². The zero-order chi connectivity index (χ0) is 21.1. The molecule has 0 spiro atoms. The van der Waals surface area contributed by atoms with E-state index in [1.165, 1.54) is 0 Å². The van der Waals surface area contributed by atoms with Crippen molar-refractivity contribution in [3.63, 3.8) is 0 Å². The van der Waals surface area contributed by atoms with Crippen LogP contribution in [0.25, 0.3) is 5.69 Å². The number of nitrogens with zero attached hydrogens (tertiary/aromatic N) is 4. The second-order valence-corrected chi connectivity index (χ2v) is 7.51. The lowest BCUT2D eigenvalue weighted by molar-refractivity contribution is 0.0945. The molecule has 1 amide bonds. The van der Waals surface area contributed by atoms with Gasteiger partial charge in [0.05, 0.1) is 17.9 Å². The second-order valence-electron chi connectivity index (χ2n) is 7.51. The fourth-order valence-corrected chi connectivity index (χ4v) is 3.53. The number of nitrogens with one attached hydrogen (secondary N) is 1. The summed E-state index contributed by atoms with van der Waals surface area (Å²) in [5.74, 6) is -0.184. The normalized spacial score (nSPS) is 10.9. The van der Waals surface area contributed by atoms with E-state index >= 15 is 0 Å². The average molecular weight is 399 g/mol. The lowest BCUT2D eigenvalue weighted by Crippen LogP contribution is -2.23. The van der Waals surface area contributed by atoms with Crippen molar-refractivity contribution in [1.29, 1.82) is 0 Å². The number of para-hydroxylation sites is 1. The molecule has 6 nitrogen and oxygen atoms in total. The van der Waals surface area contributed by atoms with E-state index in [0.29, 0.717) is 18.8 Å². The van der Waals surface area contributed by atoms with E-state index < -0.39 is 0 Å². The van der Waals surface area contributed by atoms with Crippen LogP contribution in [0, 0.1) is 20.8 Å². The van der Waals surface area contributed by atoms with Crippen LogP contribution in [0.15, 0.2) is 66.7 Å².